The molecule has 0 radical (unpaired) electrons. The molecule has 1 unspecified atom stereocenters. The van der Waals surface area contributed by atoms with Crippen LogP contribution in [0.3, 0.4) is 0 Å². The Kier molecular flexibility index (Phi) is 2.57. The smallest absolute Gasteiger partial charge is 0.289 e. The summed E-state index contributed by atoms with van der Waals surface area (Å²) in [4.78, 5) is 4.77. The predicted octanol–water partition coefficient (Wildman–Crippen LogP) is 4.87. The lowest BCUT2D eigenvalue weighted by atomic mass is 10.0. The van der Waals surface area contributed by atoms with Crippen molar-refractivity contribution < 1.29 is 8.75 Å². The minimum atomic E-state index is -2.26. The third-order valence-electron chi connectivity index (χ3n) is 8.33. The van der Waals surface area contributed by atoms with Gasteiger partial charge in [-0.3, -0.25) is 4.90 Å². The maximum atomic E-state index is 6.21. The molecule has 0 N–H and O–H groups in total. The number of benzene rings is 3. The van der Waals surface area contributed by atoms with Crippen molar-refractivity contribution in [1.29, 1.82) is 0 Å². The van der Waals surface area contributed by atoms with Crippen LogP contribution >= 0.6 is 7.04 Å². The first-order valence-corrected chi connectivity index (χ1v) is 13.6. The largest absolute Gasteiger partial charge is 0.464 e. The second kappa shape index (κ2) is 5.22. The highest BCUT2D eigenvalue weighted by molar-refractivity contribution is 7.86. The predicted molar refractivity (Wildman–Crippen MR) is 142 cm³/mol. The standard InChI is InChI=1S/C29H18N4OP/c1-30-14-15-31-22-11-12-23-25-20(16-34-23)19-10-9-18-17-6-2-3-7-21(17)33-24-8-4-5-13-32(24)35(28(22)25,29(30)31)27(19)26(18)33/h2-16H,1H3/q+1. The van der Waals surface area contributed by atoms with E-state index >= 15 is 0 Å². The molecule has 4 aliphatic heterocycles. The molecule has 3 aromatic heterocycles. The molecule has 1 spiro atoms. The van der Waals surface area contributed by atoms with Crippen LogP contribution in [0.1, 0.15) is 0 Å². The molecule has 7 heterocycles. The maximum absolute atomic E-state index is 6.21. The Bertz CT molecular complexity index is 2110. The van der Waals surface area contributed by atoms with Crippen molar-refractivity contribution in [3.05, 3.63) is 91.6 Å². The number of hydrogen-bond donors (Lipinski definition) is 0. The normalized spacial score (nSPS) is 20.0. The average Bonchev–Trinajstić information content (AvgIpc) is 3.64. The lowest BCUT2D eigenvalue weighted by molar-refractivity contribution is -0.504. The summed E-state index contributed by atoms with van der Waals surface area (Å²) in [7, 11) is -0.0609. The second-order valence-corrected chi connectivity index (χ2v) is 12.8. The molecule has 10 rings (SSSR count). The van der Waals surface area contributed by atoms with Gasteiger partial charge in [-0.15, -0.1) is 0 Å². The van der Waals surface area contributed by atoms with Crippen molar-refractivity contribution in [2.75, 3.05) is 11.9 Å². The topological polar surface area (TPSA) is 28.4 Å². The molecule has 164 valence electrons. The van der Waals surface area contributed by atoms with Gasteiger partial charge in [-0.1, -0.05) is 24.3 Å². The maximum Gasteiger partial charge on any atom is 0.289 e. The fourth-order valence-corrected chi connectivity index (χ4v) is 12.3. The molecule has 6 aromatic rings. The minimum absolute atomic E-state index is 0.974. The van der Waals surface area contributed by atoms with Gasteiger partial charge < -0.3 is 9.32 Å². The van der Waals surface area contributed by atoms with E-state index in [2.05, 4.69) is 111 Å². The molecule has 0 saturated heterocycles. The molecule has 0 bridgehead atoms. The van der Waals surface area contributed by atoms with Crippen LogP contribution in [-0.4, -0.2) is 22.1 Å². The number of aromatic nitrogens is 2. The highest BCUT2D eigenvalue weighted by Gasteiger charge is 2.56. The quantitative estimate of drug-likeness (QED) is 0.297. The third kappa shape index (κ3) is 1.55. The van der Waals surface area contributed by atoms with Crippen LogP contribution in [0.15, 0.2) is 96.0 Å². The van der Waals surface area contributed by atoms with E-state index in [1.165, 1.54) is 66.0 Å². The molecule has 0 fully saturated rings. The zero-order chi connectivity index (χ0) is 22.6. The van der Waals surface area contributed by atoms with E-state index in [0.29, 0.717) is 0 Å². The van der Waals surface area contributed by atoms with E-state index < -0.39 is 7.04 Å². The molecule has 0 amide bonds. The Morgan fingerprint density at radius 2 is 1.74 bits per heavy atom. The van der Waals surface area contributed by atoms with Gasteiger partial charge in [0.15, 0.2) is 18.1 Å². The van der Waals surface area contributed by atoms with Crippen LogP contribution in [-0.2, 0) is 0 Å². The Balaban J connectivity index is 1.64. The molecule has 4 aliphatic rings. The van der Waals surface area contributed by atoms with Gasteiger partial charge in [0.1, 0.15) is 11.1 Å². The summed E-state index contributed by atoms with van der Waals surface area (Å²) in [6, 6.07) is 24.5. The molecule has 1 atom stereocenters. The van der Waals surface area contributed by atoms with Gasteiger partial charge in [0.05, 0.1) is 28.8 Å². The van der Waals surface area contributed by atoms with Gasteiger partial charge in [-0.05, 0) is 36.4 Å². The Morgan fingerprint density at radius 1 is 0.829 bits per heavy atom. The van der Waals surface area contributed by atoms with Crippen LogP contribution in [0.2, 0.25) is 0 Å². The Hall–Kier alpha value is -4.21. The van der Waals surface area contributed by atoms with Crippen molar-refractivity contribution in [3.8, 4) is 16.9 Å². The first kappa shape index (κ1) is 17.3. The van der Waals surface area contributed by atoms with Crippen molar-refractivity contribution in [2.24, 2.45) is 0 Å². The molecule has 3 aromatic carbocycles. The van der Waals surface area contributed by atoms with Gasteiger partial charge in [0.2, 0.25) is 0 Å². The van der Waals surface area contributed by atoms with E-state index in [4.69, 9.17) is 4.42 Å². The van der Waals surface area contributed by atoms with Crippen molar-refractivity contribution in [1.82, 2.24) is 9.47 Å². The number of hydrogen-bond acceptors (Lipinski definition) is 3. The van der Waals surface area contributed by atoms with E-state index in [0.717, 1.165) is 5.58 Å². The fraction of sp³-hybridized carbons (Fsp3) is 0.0345. The summed E-state index contributed by atoms with van der Waals surface area (Å²) in [5, 5.41) is 6.78. The molecule has 0 saturated carbocycles. The highest BCUT2D eigenvalue weighted by atomic mass is 31.2. The van der Waals surface area contributed by atoms with Gasteiger partial charge >= 0.3 is 0 Å². The van der Waals surface area contributed by atoms with Crippen LogP contribution < -0.4 is 19.8 Å². The van der Waals surface area contributed by atoms with Gasteiger partial charge in [0.25, 0.3) is 5.82 Å². The van der Waals surface area contributed by atoms with E-state index in [1.54, 1.807) is 0 Å². The number of para-hydroxylation sites is 1. The SMILES string of the molecule is CN1C=CN2C1=P13c4c2ccc2occ(c42)-c2ccc4c5ccccc5n(c4c21)-c1cccc[n+]13. The number of anilines is 1. The van der Waals surface area contributed by atoms with Gasteiger partial charge in [-0.2, -0.15) is 4.57 Å². The van der Waals surface area contributed by atoms with Crippen LogP contribution in [0.5, 0.6) is 0 Å². The van der Waals surface area contributed by atoms with E-state index in [1.807, 2.05) is 6.26 Å². The fourth-order valence-electron chi connectivity index (χ4n) is 7.17. The zero-order valence-corrected chi connectivity index (χ0v) is 19.7. The number of furan rings is 1. The lowest BCUT2D eigenvalue weighted by Crippen LogP contribution is -2.51. The minimum Gasteiger partial charge on any atom is -0.464 e. The first-order valence-electron chi connectivity index (χ1n) is 11.9. The molecule has 35 heavy (non-hydrogen) atoms. The number of nitrogens with zero attached hydrogens (tertiary/aromatic N) is 4. The number of pyridine rings is 1. The average molecular weight is 469 g/mol. The molecule has 5 nitrogen and oxygen atoms in total. The monoisotopic (exact) mass is 469 g/mol. The second-order valence-electron chi connectivity index (χ2n) is 9.78. The van der Waals surface area contributed by atoms with Gasteiger partial charge in [0, 0.05) is 52.8 Å². The van der Waals surface area contributed by atoms with Crippen molar-refractivity contribution in [3.63, 3.8) is 0 Å². The Morgan fingerprint density at radius 3 is 2.71 bits per heavy atom. The van der Waals surface area contributed by atoms with E-state index in [-0.39, 0.29) is 0 Å². The molecule has 0 aliphatic carbocycles. The number of fused-ring (bicyclic) bond motifs is 8. The summed E-state index contributed by atoms with van der Waals surface area (Å²) in [5.41, 5.74) is 8.72. The molecular formula is C29H18N4OP+. The highest BCUT2D eigenvalue weighted by Crippen LogP contribution is 2.62. The summed E-state index contributed by atoms with van der Waals surface area (Å²) in [6.07, 6.45) is 8.71. The Labute approximate surface area is 200 Å². The zero-order valence-electron chi connectivity index (χ0n) is 18.8. The lowest BCUT2D eigenvalue weighted by Gasteiger charge is -2.34. The summed E-state index contributed by atoms with van der Waals surface area (Å²) in [5.74, 6) is 1.22. The summed E-state index contributed by atoms with van der Waals surface area (Å²) < 4.78 is 11.3. The van der Waals surface area contributed by atoms with Crippen LogP contribution in [0, 0.1) is 0 Å². The van der Waals surface area contributed by atoms with Crippen LogP contribution in [0.4, 0.5) is 5.69 Å². The molecular weight excluding hydrogens is 451 g/mol. The summed E-state index contributed by atoms with van der Waals surface area (Å²) >= 11 is 0. The molecule has 6 heteroatoms. The van der Waals surface area contributed by atoms with E-state index in [9.17, 15) is 0 Å². The van der Waals surface area contributed by atoms with Crippen molar-refractivity contribution in [2.45, 2.75) is 0 Å². The van der Waals surface area contributed by atoms with Crippen molar-refractivity contribution >= 4 is 61.6 Å². The summed E-state index contributed by atoms with van der Waals surface area (Å²) in [6.45, 7) is 0. The van der Waals surface area contributed by atoms with Crippen LogP contribution in [0.25, 0.3) is 49.7 Å². The first-order chi connectivity index (χ1) is 17.3. The van der Waals surface area contributed by atoms with Gasteiger partial charge in [-0.25, -0.2) is 4.34 Å². The third-order valence-corrected chi connectivity index (χ3v) is 12.6. The number of rotatable bonds is 0.